The Labute approximate surface area is 128 Å². The third-order valence-electron chi connectivity index (χ3n) is 3.41. The molecule has 2 aromatic rings. The van der Waals surface area contributed by atoms with Gasteiger partial charge in [-0.3, -0.25) is 9.78 Å². The number of carbonyl (C=O) groups is 1. The fourth-order valence-electron chi connectivity index (χ4n) is 2.24. The summed E-state index contributed by atoms with van der Waals surface area (Å²) in [6, 6.07) is 9.08. The van der Waals surface area contributed by atoms with Crippen molar-refractivity contribution < 1.29 is 14.3 Å². The number of amides is 1. The summed E-state index contributed by atoms with van der Waals surface area (Å²) in [4.78, 5) is 16.3. The molecule has 0 atom stereocenters. The average molecular weight is 296 g/mol. The number of benzene rings is 1. The highest BCUT2D eigenvalue weighted by molar-refractivity contribution is 6.07. The van der Waals surface area contributed by atoms with Gasteiger partial charge in [0.1, 0.15) is 11.5 Å². The first kappa shape index (κ1) is 14.1. The molecule has 1 amide bonds. The normalized spacial score (nSPS) is 13.2. The van der Waals surface area contributed by atoms with Crippen molar-refractivity contribution in [3.05, 3.63) is 53.9 Å². The Balaban J connectivity index is 1.84. The Morgan fingerprint density at radius 3 is 2.86 bits per heavy atom. The second kappa shape index (κ2) is 6.30. The van der Waals surface area contributed by atoms with Gasteiger partial charge in [0.05, 0.1) is 13.7 Å². The van der Waals surface area contributed by atoms with Gasteiger partial charge in [0.2, 0.25) is 0 Å². The monoisotopic (exact) mass is 296 g/mol. The largest absolute Gasteiger partial charge is 0.497 e. The maximum Gasteiger partial charge on any atom is 0.251 e. The molecule has 112 valence electrons. The summed E-state index contributed by atoms with van der Waals surface area (Å²) in [6.07, 6.45) is 5.69. The third-order valence-corrected chi connectivity index (χ3v) is 3.41. The van der Waals surface area contributed by atoms with Crippen LogP contribution in [0.15, 0.2) is 48.3 Å². The minimum Gasteiger partial charge on any atom is -0.497 e. The van der Waals surface area contributed by atoms with Gasteiger partial charge in [-0.15, -0.1) is 0 Å². The van der Waals surface area contributed by atoms with E-state index in [-0.39, 0.29) is 5.91 Å². The number of methoxy groups -OCH3 is 1. The smallest absolute Gasteiger partial charge is 0.251 e. The van der Waals surface area contributed by atoms with Crippen LogP contribution in [0.3, 0.4) is 0 Å². The first-order valence-corrected chi connectivity index (χ1v) is 6.99. The number of ether oxygens (including phenoxy) is 2. The van der Waals surface area contributed by atoms with E-state index in [1.54, 1.807) is 31.6 Å². The lowest BCUT2D eigenvalue weighted by molar-refractivity contribution is -0.113. The number of carbonyl (C=O) groups excluding carboxylic acids is 1. The molecule has 5 nitrogen and oxygen atoms in total. The molecule has 2 heterocycles. The number of pyridine rings is 1. The topological polar surface area (TPSA) is 60.5 Å². The highest BCUT2D eigenvalue weighted by Gasteiger charge is 2.16. The summed E-state index contributed by atoms with van der Waals surface area (Å²) in [5.41, 5.74) is 2.28. The molecular weight excluding hydrogens is 280 g/mol. The summed E-state index contributed by atoms with van der Waals surface area (Å²) in [5, 5.41) is 2.87. The van der Waals surface area contributed by atoms with Crippen molar-refractivity contribution in [2.24, 2.45) is 0 Å². The van der Waals surface area contributed by atoms with E-state index < -0.39 is 0 Å². The van der Waals surface area contributed by atoms with Gasteiger partial charge in [0.15, 0.2) is 0 Å². The van der Waals surface area contributed by atoms with Gasteiger partial charge in [-0.25, -0.2) is 0 Å². The standard InChI is InChI=1S/C17H16N2O3/c1-21-15-3-2-12-10-13(6-9-22-16(12)11-15)17(20)19-14-4-7-18-8-5-14/h2-5,7-8,10-11H,6,9H2,1H3,(H,18,19,20). The molecule has 0 saturated heterocycles. The maximum atomic E-state index is 12.4. The molecule has 5 heteroatoms. The van der Waals surface area contributed by atoms with Crippen LogP contribution in [0.5, 0.6) is 11.5 Å². The lowest BCUT2D eigenvalue weighted by atomic mass is 10.1. The van der Waals surface area contributed by atoms with E-state index in [4.69, 9.17) is 9.47 Å². The maximum absolute atomic E-state index is 12.4. The number of hydrogen-bond donors (Lipinski definition) is 1. The van der Waals surface area contributed by atoms with Crippen molar-refractivity contribution in [3.63, 3.8) is 0 Å². The Kier molecular flexibility index (Phi) is 4.05. The number of rotatable bonds is 3. The number of fused-ring (bicyclic) bond motifs is 1. The van der Waals surface area contributed by atoms with E-state index in [0.717, 1.165) is 22.7 Å². The van der Waals surface area contributed by atoms with E-state index in [2.05, 4.69) is 10.3 Å². The molecule has 1 N–H and O–H groups in total. The Morgan fingerprint density at radius 2 is 2.09 bits per heavy atom. The molecular formula is C17H16N2O3. The summed E-state index contributed by atoms with van der Waals surface area (Å²) < 4.78 is 10.9. The number of nitrogens with zero attached hydrogens (tertiary/aromatic N) is 1. The second-order valence-electron chi connectivity index (χ2n) is 4.86. The van der Waals surface area contributed by atoms with Crippen LogP contribution in [0.25, 0.3) is 6.08 Å². The summed E-state index contributed by atoms with van der Waals surface area (Å²) in [5.74, 6) is 1.33. The lowest BCUT2D eigenvalue weighted by Crippen LogP contribution is -2.15. The molecule has 0 fully saturated rings. The molecule has 3 rings (SSSR count). The Morgan fingerprint density at radius 1 is 1.27 bits per heavy atom. The first-order chi connectivity index (χ1) is 10.8. The molecule has 1 aromatic heterocycles. The van der Waals surface area contributed by atoms with E-state index in [0.29, 0.717) is 18.6 Å². The Bertz CT molecular complexity index is 711. The van der Waals surface area contributed by atoms with Crippen LogP contribution < -0.4 is 14.8 Å². The first-order valence-electron chi connectivity index (χ1n) is 6.99. The zero-order valence-electron chi connectivity index (χ0n) is 12.2. The van der Waals surface area contributed by atoms with Crippen LogP contribution in [0.2, 0.25) is 0 Å². The van der Waals surface area contributed by atoms with E-state index in [1.807, 2.05) is 24.3 Å². The lowest BCUT2D eigenvalue weighted by Gasteiger charge is -2.07. The van der Waals surface area contributed by atoms with Crippen LogP contribution in [0.4, 0.5) is 5.69 Å². The minimum atomic E-state index is -0.126. The second-order valence-corrected chi connectivity index (χ2v) is 4.86. The molecule has 0 bridgehead atoms. The Hall–Kier alpha value is -2.82. The molecule has 0 aliphatic carbocycles. The van der Waals surface area contributed by atoms with Crippen LogP contribution >= 0.6 is 0 Å². The van der Waals surface area contributed by atoms with Gasteiger partial charge in [0, 0.05) is 41.7 Å². The van der Waals surface area contributed by atoms with Crippen molar-refractivity contribution in [1.82, 2.24) is 4.98 Å². The van der Waals surface area contributed by atoms with Gasteiger partial charge >= 0.3 is 0 Å². The number of nitrogens with one attached hydrogen (secondary N) is 1. The fraction of sp³-hybridized carbons (Fsp3) is 0.176. The summed E-state index contributed by atoms with van der Waals surface area (Å²) in [7, 11) is 1.61. The summed E-state index contributed by atoms with van der Waals surface area (Å²) in [6.45, 7) is 0.454. The molecule has 1 aliphatic heterocycles. The van der Waals surface area contributed by atoms with E-state index in [1.165, 1.54) is 0 Å². The van der Waals surface area contributed by atoms with Crippen LogP contribution in [-0.4, -0.2) is 24.6 Å². The highest BCUT2D eigenvalue weighted by atomic mass is 16.5. The zero-order valence-corrected chi connectivity index (χ0v) is 12.2. The van der Waals surface area contributed by atoms with Crippen molar-refractivity contribution in [3.8, 4) is 11.5 Å². The van der Waals surface area contributed by atoms with E-state index in [9.17, 15) is 4.79 Å². The van der Waals surface area contributed by atoms with Gasteiger partial charge in [0.25, 0.3) is 5.91 Å². The van der Waals surface area contributed by atoms with Gasteiger partial charge in [-0.05, 0) is 30.3 Å². The molecule has 1 aliphatic rings. The predicted octanol–water partition coefficient (Wildman–Crippen LogP) is 2.89. The molecule has 0 unspecified atom stereocenters. The van der Waals surface area contributed by atoms with Gasteiger partial charge in [-0.1, -0.05) is 0 Å². The van der Waals surface area contributed by atoms with Crippen molar-refractivity contribution in [1.29, 1.82) is 0 Å². The van der Waals surface area contributed by atoms with Crippen molar-refractivity contribution in [2.45, 2.75) is 6.42 Å². The summed E-state index contributed by atoms with van der Waals surface area (Å²) >= 11 is 0. The molecule has 1 aromatic carbocycles. The zero-order chi connectivity index (χ0) is 15.4. The van der Waals surface area contributed by atoms with Crippen molar-refractivity contribution >= 4 is 17.7 Å². The van der Waals surface area contributed by atoms with Crippen LogP contribution in [0, 0.1) is 0 Å². The number of anilines is 1. The highest BCUT2D eigenvalue weighted by Crippen LogP contribution is 2.30. The molecule has 22 heavy (non-hydrogen) atoms. The average Bonchev–Trinajstić information content (AvgIpc) is 2.77. The SMILES string of the molecule is COc1ccc2c(c1)OCCC(C(=O)Nc1ccncc1)=C2. The minimum absolute atomic E-state index is 0.126. The van der Waals surface area contributed by atoms with Gasteiger partial charge < -0.3 is 14.8 Å². The third kappa shape index (κ3) is 3.09. The number of aromatic nitrogens is 1. The van der Waals surface area contributed by atoms with Gasteiger partial charge in [-0.2, -0.15) is 0 Å². The van der Waals surface area contributed by atoms with Crippen molar-refractivity contribution in [2.75, 3.05) is 19.0 Å². The van der Waals surface area contributed by atoms with Crippen LogP contribution in [0.1, 0.15) is 12.0 Å². The van der Waals surface area contributed by atoms with E-state index >= 15 is 0 Å². The fourth-order valence-corrected chi connectivity index (χ4v) is 2.24. The number of hydrogen-bond acceptors (Lipinski definition) is 4. The molecule has 0 spiro atoms. The quantitative estimate of drug-likeness (QED) is 0.946. The molecule has 0 saturated carbocycles. The molecule has 0 radical (unpaired) electrons. The van der Waals surface area contributed by atoms with Crippen LogP contribution in [-0.2, 0) is 4.79 Å². The predicted molar refractivity (Wildman–Crippen MR) is 83.9 cm³/mol.